The van der Waals surface area contributed by atoms with Gasteiger partial charge in [0.15, 0.2) is 16.7 Å². The molecule has 1 unspecified atom stereocenters. The topological polar surface area (TPSA) is 63.9 Å². The van der Waals surface area contributed by atoms with Crippen LogP contribution < -0.4 is 0 Å². The highest BCUT2D eigenvalue weighted by atomic mass is 35.5. The third-order valence-corrected chi connectivity index (χ3v) is 6.87. The smallest absolute Gasteiger partial charge is 0.254 e. The number of rotatable bonds is 2. The van der Waals surface area contributed by atoms with E-state index in [-0.39, 0.29) is 11.9 Å². The van der Waals surface area contributed by atoms with Gasteiger partial charge in [0.25, 0.3) is 5.91 Å². The monoisotopic (exact) mass is 443 g/mol. The summed E-state index contributed by atoms with van der Waals surface area (Å²) in [5, 5.41) is 10.4. The Balaban J connectivity index is 1.47. The molecule has 1 aliphatic heterocycles. The number of aromatic nitrogens is 4. The third kappa shape index (κ3) is 3.10. The van der Waals surface area contributed by atoms with Gasteiger partial charge in [0.2, 0.25) is 0 Å². The van der Waals surface area contributed by atoms with E-state index in [1.54, 1.807) is 34.4 Å². The molecule has 2 aromatic heterocycles. The summed E-state index contributed by atoms with van der Waals surface area (Å²) >= 11 is 13.7. The maximum Gasteiger partial charge on any atom is 0.254 e. The summed E-state index contributed by atoms with van der Waals surface area (Å²) in [4.78, 5) is 19.5. The Kier molecular flexibility index (Phi) is 4.53. The van der Waals surface area contributed by atoms with E-state index < -0.39 is 0 Å². The lowest BCUT2D eigenvalue weighted by molar-refractivity contribution is 0.0638. The highest BCUT2D eigenvalue weighted by molar-refractivity contribution is 7.21. The number of carbonyl (C=O) groups is 1. The highest BCUT2D eigenvalue weighted by Crippen LogP contribution is 2.33. The molecule has 1 atom stereocenters. The first kappa shape index (κ1) is 18.5. The molecule has 0 bridgehead atoms. The van der Waals surface area contributed by atoms with Gasteiger partial charge in [-0.2, -0.15) is 0 Å². The summed E-state index contributed by atoms with van der Waals surface area (Å²) in [6.45, 7) is 3.10. The molecule has 4 aromatic rings. The van der Waals surface area contributed by atoms with Crippen LogP contribution in [0.2, 0.25) is 10.0 Å². The first-order chi connectivity index (χ1) is 14.0. The molecule has 5 rings (SSSR count). The van der Waals surface area contributed by atoms with E-state index in [4.69, 9.17) is 28.2 Å². The molecule has 29 heavy (non-hydrogen) atoms. The van der Waals surface area contributed by atoms with Gasteiger partial charge in [0, 0.05) is 18.7 Å². The molecule has 1 aliphatic rings. The molecule has 9 heteroatoms. The van der Waals surface area contributed by atoms with Gasteiger partial charge in [-0.3, -0.25) is 4.79 Å². The molecule has 0 N–H and O–H groups in total. The molecule has 0 saturated carbocycles. The van der Waals surface area contributed by atoms with E-state index in [1.807, 2.05) is 31.2 Å². The largest absolute Gasteiger partial charge is 0.327 e. The molecule has 1 amide bonds. The predicted molar refractivity (Wildman–Crippen MR) is 115 cm³/mol. The molecule has 2 aromatic carbocycles. The van der Waals surface area contributed by atoms with Crippen LogP contribution in [-0.4, -0.2) is 37.1 Å². The standard InChI is InChI=1S/C20H15Cl2N5OS/c1-11-17-24-25-18(19-23-15-4-2-3-5-16(15)29-19)27(17)9-8-26(11)20(28)12-6-7-13(21)14(22)10-12/h2-7,10-11H,8-9H2,1H3. The molecule has 6 nitrogen and oxygen atoms in total. The van der Waals surface area contributed by atoms with Crippen LogP contribution in [0.3, 0.4) is 0 Å². The Morgan fingerprint density at radius 3 is 2.72 bits per heavy atom. The zero-order valence-corrected chi connectivity index (χ0v) is 17.7. The van der Waals surface area contributed by atoms with Gasteiger partial charge >= 0.3 is 0 Å². The van der Waals surface area contributed by atoms with E-state index >= 15 is 0 Å². The molecule has 0 radical (unpaired) electrons. The number of carbonyl (C=O) groups excluding carboxylic acids is 1. The van der Waals surface area contributed by atoms with E-state index in [2.05, 4.69) is 14.8 Å². The van der Waals surface area contributed by atoms with Crippen molar-refractivity contribution in [3.63, 3.8) is 0 Å². The van der Waals surface area contributed by atoms with Crippen LogP contribution in [0.25, 0.3) is 21.0 Å². The maximum atomic E-state index is 13.0. The van der Waals surface area contributed by atoms with Crippen molar-refractivity contribution in [3.05, 3.63) is 63.9 Å². The van der Waals surface area contributed by atoms with Crippen molar-refractivity contribution >= 4 is 50.7 Å². The number of para-hydroxylation sites is 1. The molecule has 3 heterocycles. The van der Waals surface area contributed by atoms with Crippen LogP contribution >= 0.6 is 34.5 Å². The normalized spacial score (nSPS) is 16.2. The lowest BCUT2D eigenvalue weighted by Gasteiger charge is -2.33. The van der Waals surface area contributed by atoms with Gasteiger partial charge < -0.3 is 9.47 Å². The van der Waals surface area contributed by atoms with Crippen LogP contribution in [0, 0.1) is 0 Å². The van der Waals surface area contributed by atoms with E-state index in [9.17, 15) is 4.79 Å². The van der Waals surface area contributed by atoms with Gasteiger partial charge in [-0.1, -0.05) is 35.3 Å². The van der Waals surface area contributed by atoms with Gasteiger partial charge in [-0.15, -0.1) is 21.5 Å². The first-order valence-corrected chi connectivity index (χ1v) is 10.7. The highest BCUT2D eigenvalue weighted by Gasteiger charge is 2.32. The number of hydrogen-bond acceptors (Lipinski definition) is 5. The van der Waals surface area contributed by atoms with Crippen molar-refractivity contribution < 1.29 is 4.79 Å². The summed E-state index contributed by atoms with van der Waals surface area (Å²) in [5.74, 6) is 1.39. The fraction of sp³-hybridized carbons (Fsp3) is 0.200. The number of thiazole rings is 1. The summed E-state index contributed by atoms with van der Waals surface area (Å²) in [6, 6.07) is 12.7. The minimum absolute atomic E-state index is 0.105. The number of nitrogens with zero attached hydrogens (tertiary/aromatic N) is 5. The second kappa shape index (κ2) is 7.09. The molecule has 0 fully saturated rings. The number of benzene rings is 2. The average Bonchev–Trinajstić information content (AvgIpc) is 3.34. The van der Waals surface area contributed by atoms with E-state index in [0.717, 1.165) is 26.9 Å². The van der Waals surface area contributed by atoms with Gasteiger partial charge in [0.1, 0.15) is 0 Å². The zero-order chi connectivity index (χ0) is 20.1. The number of fused-ring (bicyclic) bond motifs is 2. The van der Waals surface area contributed by atoms with Crippen LogP contribution in [0.4, 0.5) is 0 Å². The van der Waals surface area contributed by atoms with Gasteiger partial charge in [0.05, 0.1) is 26.3 Å². The van der Waals surface area contributed by atoms with Crippen LogP contribution in [0.5, 0.6) is 0 Å². The second-order valence-corrected chi connectivity index (χ2v) is 8.67. The van der Waals surface area contributed by atoms with Crippen molar-refractivity contribution in [1.29, 1.82) is 0 Å². The Morgan fingerprint density at radius 1 is 1.10 bits per heavy atom. The third-order valence-electron chi connectivity index (χ3n) is 5.10. The Morgan fingerprint density at radius 2 is 1.93 bits per heavy atom. The van der Waals surface area contributed by atoms with Gasteiger partial charge in [-0.05, 0) is 37.3 Å². The van der Waals surface area contributed by atoms with Crippen LogP contribution in [-0.2, 0) is 6.54 Å². The maximum absolute atomic E-state index is 13.0. The van der Waals surface area contributed by atoms with Crippen molar-refractivity contribution in [2.24, 2.45) is 0 Å². The molecule has 0 saturated heterocycles. The summed E-state index contributed by atoms with van der Waals surface area (Å²) in [5.41, 5.74) is 1.45. The number of amides is 1. The average molecular weight is 444 g/mol. The van der Waals surface area contributed by atoms with E-state index in [1.165, 1.54) is 0 Å². The minimum atomic E-state index is -0.221. The zero-order valence-electron chi connectivity index (χ0n) is 15.3. The number of halogens is 2. The van der Waals surface area contributed by atoms with Gasteiger partial charge in [-0.25, -0.2) is 4.98 Å². The SMILES string of the molecule is CC1c2nnc(-c3nc4ccccc4s3)n2CCN1C(=O)c1ccc(Cl)c(Cl)c1. The van der Waals surface area contributed by atoms with Crippen molar-refractivity contribution in [3.8, 4) is 10.8 Å². The van der Waals surface area contributed by atoms with Crippen LogP contribution in [0.1, 0.15) is 29.1 Å². The van der Waals surface area contributed by atoms with E-state index in [0.29, 0.717) is 28.7 Å². The molecule has 0 spiro atoms. The molecular weight excluding hydrogens is 429 g/mol. The summed E-state index contributed by atoms with van der Waals surface area (Å²) < 4.78 is 3.17. The van der Waals surface area contributed by atoms with Crippen molar-refractivity contribution in [2.75, 3.05) is 6.54 Å². The lowest BCUT2D eigenvalue weighted by Crippen LogP contribution is -2.41. The fourth-order valence-electron chi connectivity index (χ4n) is 3.58. The van der Waals surface area contributed by atoms with Crippen LogP contribution in [0.15, 0.2) is 42.5 Å². The van der Waals surface area contributed by atoms with Crippen molar-refractivity contribution in [2.45, 2.75) is 19.5 Å². The molecule has 146 valence electrons. The molecule has 0 aliphatic carbocycles. The molecular formula is C20H15Cl2N5OS. The Hall–Kier alpha value is -2.48. The lowest BCUT2D eigenvalue weighted by atomic mass is 10.1. The second-order valence-electron chi connectivity index (χ2n) is 6.82. The summed E-state index contributed by atoms with van der Waals surface area (Å²) in [7, 11) is 0. The quantitative estimate of drug-likeness (QED) is 0.433. The minimum Gasteiger partial charge on any atom is -0.327 e. The summed E-state index contributed by atoms with van der Waals surface area (Å²) in [6.07, 6.45) is 0. The Bertz CT molecular complexity index is 1220. The fourth-order valence-corrected chi connectivity index (χ4v) is 4.84. The first-order valence-electron chi connectivity index (χ1n) is 9.08. The van der Waals surface area contributed by atoms with Crippen molar-refractivity contribution in [1.82, 2.24) is 24.6 Å². The number of hydrogen-bond donors (Lipinski definition) is 0. The predicted octanol–water partition coefficient (Wildman–Crippen LogP) is 5.08. The Labute approximate surface area is 180 Å².